The molecule has 2 aromatic heterocycles. The van der Waals surface area contributed by atoms with Gasteiger partial charge in [0.2, 0.25) is 0 Å². The van der Waals surface area contributed by atoms with E-state index in [0.29, 0.717) is 6.61 Å². The van der Waals surface area contributed by atoms with Crippen molar-refractivity contribution < 1.29 is 4.74 Å². The van der Waals surface area contributed by atoms with Crippen LogP contribution in [0.15, 0.2) is 200 Å². The second-order valence-corrected chi connectivity index (χ2v) is 15.9. The highest BCUT2D eigenvalue weighted by Gasteiger charge is 2.28. The zero-order valence-electron chi connectivity index (χ0n) is 32.7. The second-order valence-electron chi connectivity index (χ2n) is 15.9. The van der Waals surface area contributed by atoms with Gasteiger partial charge in [-0.25, -0.2) is 0 Å². The molecule has 0 fully saturated rings. The standard InChI is InChI=1S/C56H37N3O/c1-2-14-36(15-3-1)57-30-31-60-56-35-50-40-17-5-4-16-39(40)41-28-26-37(58-51-22-10-6-18-43(51)44-19-7-11-23-52(44)58)32-47(41)48-33-38(27-29-42(48)49(50)34-55(56)57)59-53-24-12-8-20-45(53)46-21-9-13-25-54(46)59/h1-29,32-35H,30-31H2. The van der Waals surface area contributed by atoms with Crippen LogP contribution in [0.25, 0.3) is 99.5 Å². The van der Waals surface area contributed by atoms with Gasteiger partial charge in [-0.3, -0.25) is 0 Å². The lowest BCUT2D eigenvalue weighted by Gasteiger charge is -2.33. The summed E-state index contributed by atoms with van der Waals surface area (Å²) in [5, 5.41) is 5.01. The van der Waals surface area contributed by atoms with Gasteiger partial charge >= 0.3 is 0 Å². The Morgan fingerprint density at radius 1 is 0.317 bits per heavy atom. The molecular weight excluding hydrogens is 731 g/mol. The number of fused-ring (bicyclic) bond motifs is 15. The van der Waals surface area contributed by atoms with E-state index in [-0.39, 0.29) is 0 Å². The minimum Gasteiger partial charge on any atom is -0.490 e. The number of anilines is 2. The molecule has 0 saturated heterocycles. The Bertz CT molecular complexity index is 3430. The third-order valence-electron chi connectivity index (χ3n) is 12.8. The summed E-state index contributed by atoms with van der Waals surface area (Å²) in [7, 11) is 0. The maximum absolute atomic E-state index is 6.52. The molecule has 0 bridgehead atoms. The Morgan fingerprint density at radius 3 is 1.25 bits per heavy atom. The van der Waals surface area contributed by atoms with Gasteiger partial charge in [0.1, 0.15) is 12.4 Å². The summed E-state index contributed by atoms with van der Waals surface area (Å²) in [6, 6.07) is 73.6. The van der Waals surface area contributed by atoms with E-state index in [2.05, 4.69) is 214 Å². The van der Waals surface area contributed by atoms with Crippen molar-refractivity contribution >= 4 is 55.0 Å². The number of benzene rings is 9. The van der Waals surface area contributed by atoms with Crippen molar-refractivity contribution in [3.63, 3.8) is 0 Å². The van der Waals surface area contributed by atoms with Gasteiger partial charge in [0.25, 0.3) is 0 Å². The Balaban J connectivity index is 1.14. The van der Waals surface area contributed by atoms with Crippen LogP contribution < -0.4 is 9.64 Å². The first-order chi connectivity index (χ1) is 29.8. The highest BCUT2D eigenvalue weighted by atomic mass is 16.5. The quantitative estimate of drug-likeness (QED) is 0.179. The van der Waals surface area contributed by atoms with Gasteiger partial charge in [-0.15, -0.1) is 0 Å². The average Bonchev–Trinajstić information content (AvgIpc) is 3.84. The fourth-order valence-electron chi connectivity index (χ4n) is 10.2. The first kappa shape index (κ1) is 33.2. The van der Waals surface area contributed by atoms with Crippen molar-refractivity contribution in [2.24, 2.45) is 0 Å². The van der Waals surface area contributed by atoms with E-state index < -0.39 is 0 Å². The average molecular weight is 768 g/mol. The number of rotatable bonds is 3. The van der Waals surface area contributed by atoms with E-state index in [1.54, 1.807) is 0 Å². The molecule has 0 amide bonds. The molecule has 13 rings (SSSR count). The molecule has 2 aliphatic rings. The summed E-state index contributed by atoms with van der Waals surface area (Å²) in [6.45, 7) is 1.40. The Morgan fingerprint density at radius 2 is 0.717 bits per heavy atom. The van der Waals surface area contributed by atoms with E-state index >= 15 is 0 Å². The number of hydrogen-bond acceptors (Lipinski definition) is 2. The predicted molar refractivity (Wildman–Crippen MR) is 249 cm³/mol. The molecule has 4 heteroatoms. The highest BCUT2D eigenvalue weighted by Crippen LogP contribution is 2.53. The van der Waals surface area contributed by atoms with E-state index in [0.717, 1.165) is 35.0 Å². The minimum absolute atomic E-state index is 0.620. The van der Waals surface area contributed by atoms with Crippen LogP contribution in [0.1, 0.15) is 0 Å². The minimum atomic E-state index is 0.620. The van der Waals surface area contributed by atoms with Crippen LogP contribution in [0.5, 0.6) is 5.75 Å². The maximum atomic E-state index is 6.52. The molecule has 282 valence electrons. The molecule has 60 heavy (non-hydrogen) atoms. The number of nitrogens with zero attached hydrogens (tertiary/aromatic N) is 3. The van der Waals surface area contributed by atoms with Gasteiger partial charge in [0.05, 0.1) is 34.3 Å². The first-order valence-electron chi connectivity index (χ1n) is 20.8. The molecule has 0 N–H and O–H groups in total. The molecule has 1 aliphatic heterocycles. The fourth-order valence-corrected chi connectivity index (χ4v) is 10.2. The van der Waals surface area contributed by atoms with Gasteiger partial charge in [-0.05, 0) is 117 Å². The van der Waals surface area contributed by atoms with Crippen molar-refractivity contribution in [2.45, 2.75) is 0 Å². The summed E-state index contributed by atoms with van der Waals surface area (Å²) < 4.78 is 11.4. The molecule has 3 heterocycles. The smallest absolute Gasteiger partial charge is 0.143 e. The van der Waals surface area contributed by atoms with Crippen LogP contribution in [0.4, 0.5) is 11.4 Å². The third kappa shape index (κ3) is 4.79. The summed E-state index contributed by atoms with van der Waals surface area (Å²) >= 11 is 0. The lowest BCUT2D eigenvalue weighted by molar-refractivity contribution is 0.314. The number of ether oxygens (including phenoxy) is 1. The van der Waals surface area contributed by atoms with Crippen molar-refractivity contribution in [2.75, 3.05) is 18.1 Å². The van der Waals surface area contributed by atoms with Crippen molar-refractivity contribution in [3.05, 3.63) is 200 Å². The maximum Gasteiger partial charge on any atom is 0.143 e. The molecule has 11 aromatic rings. The van der Waals surface area contributed by atoms with Crippen LogP contribution in [0, 0.1) is 0 Å². The van der Waals surface area contributed by atoms with Gasteiger partial charge in [0, 0.05) is 38.6 Å². The van der Waals surface area contributed by atoms with E-state index in [4.69, 9.17) is 4.74 Å². The normalized spacial score (nSPS) is 13.0. The van der Waals surface area contributed by atoms with Crippen LogP contribution in [0.2, 0.25) is 0 Å². The lowest BCUT2D eigenvalue weighted by Crippen LogP contribution is -2.28. The third-order valence-corrected chi connectivity index (χ3v) is 12.8. The van der Waals surface area contributed by atoms with Gasteiger partial charge in [-0.1, -0.05) is 127 Å². The highest BCUT2D eigenvalue weighted by molar-refractivity contribution is 6.11. The number of para-hydroxylation sites is 5. The Kier molecular flexibility index (Phi) is 7.10. The van der Waals surface area contributed by atoms with Gasteiger partial charge in [0.15, 0.2) is 0 Å². The summed E-state index contributed by atoms with van der Waals surface area (Å²) in [5.41, 5.74) is 18.8. The summed E-state index contributed by atoms with van der Waals surface area (Å²) in [5.74, 6) is 0.907. The predicted octanol–water partition coefficient (Wildman–Crippen LogP) is 14.4. The SMILES string of the molecule is c1ccc(N2CCOc3cc4c(cc32)-c2ccc(-n3c5ccccc5c5ccccc53)cc2-c2cc(-n3c5ccccc5c5ccccc53)ccc2-c2ccccc2-4)cc1. The van der Waals surface area contributed by atoms with Crippen molar-refractivity contribution in [1.29, 1.82) is 0 Å². The van der Waals surface area contributed by atoms with E-state index in [9.17, 15) is 0 Å². The molecule has 0 saturated carbocycles. The molecular formula is C56H37N3O. The zero-order valence-corrected chi connectivity index (χ0v) is 32.7. The van der Waals surface area contributed by atoms with Crippen molar-refractivity contribution in [3.8, 4) is 61.6 Å². The molecule has 9 aromatic carbocycles. The van der Waals surface area contributed by atoms with Crippen LogP contribution in [-0.2, 0) is 0 Å². The topological polar surface area (TPSA) is 22.3 Å². The van der Waals surface area contributed by atoms with Gasteiger partial charge in [-0.2, -0.15) is 0 Å². The molecule has 0 spiro atoms. The molecule has 0 unspecified atom stereocenters. The number of hydrogen-bond donors (Lipinski definition) is 0. The van der Waals surface area contributed by atoms with E-state index in [1.807, 2.05) is 0 Å². The van der Waals surface area contributed by atoms with Gasteiger partial charge < -0.3 is 18.8 Å². The number of aromatic nitrogens is 2. The van der Waals surface area contributed by atoms with Crippen molar-refractivity contribution in [1.82, 2.24) is 9.13 Å². The van der Waals surface area contributed by atoms with Crippen LogP contribution in [0.3, 0.4) is 0 Å². The summed E-state index contributed by atoms with van der Waals surface area (Å²) in [4.78, 5) is 2.41. The Labute approximate surface area is 347 Å². The monoisotopic (exact) mass is 767 g/mol. The molecule has 0 atom stereocenters. The summed E-state index contributed by atoms with van der Waals surface area (Å²) in [6.07, 6.45) is 0. The lowest BCUT2D eigenvalue weighted by atomic mass is 9.80. The van der Waals surface area contributed by atoms with E-state index in [1.165, 1.54) is 88.1 Å². The zero-order chi connectivity index (χ0) is 39.3. The molecule has 4 nitrogen and oxygen atoms in total. The largest absolute Gasteiger partial charge is 0.490 e. The second kappa shape index (κ2) is 12.8. The molecule has 1 aliphatic carbocycles. The first-order valence-corrected chi connectivity index (χ1v) is 20.8. The fraction of sp³-hybridized carbons (Fsp3) is 0.0357. The van der Waals surface area contributed by atoms with Crippen LogP contribution in [-0.4, -0.2) is 22.3 Å². The Hall–Kier alpha value is -7.82. The molecule has 0 radical (unpaired) electrons. The van der Waals surface area contributed by atoms with Crippen LogP contribution >= 0.6 is 0 Å².